The Morgan fingerprint density at radius 2 is 1.93 bits per heavy atom. The first-order chi connectivity index (χ1) is 12.9. The summed E-state index contributed by atoms with van der Waals surface area (Å²) in [5.41, 5.74) is 0.783. The van der Waals surface area contributed by atoms with Crippen molar-refractivity contribution in [1.29, 1.82) is 0 Å². The molecule has 0 aliphatic heterocycles. The van der Waals surface area contributed by atoms with E-state index < -0.39 is 0 Å². The van der Waals surface area contributed by atoms with Gasteiger partial charge in [-0.25, -0.2) is 9.78 Å². The summed E-state index contributed by atoms with van der Waals surface area (Å²) in [6.07, 6.45) is 0. The number of esters is 1. The lowest BCUT2D eigenvalue weighted by Gasteiger charge is -2.11. The number of hydrogen-bond acceptors (Lipinski definition) is 7. The Hall–Kier alpha value is -1.78. The van der Waals surface area contributed by atoms with Crippen molar-refractivity contribution in [1.82, 2.24) is 14.9 Å². The molecule has 0 amide bonds. The minimum Gasteiger partial charge on any atom is -0.462 e. The van der Waals surface area contributed by atoms with E-state index in [0.29, 0.717) is 35.5 Å². The van der Waals surface area contributed by atoms with Crippen molar-refractivity contribution in [2.24, 2.45) is 0 Å². The fourth-order valence-corrected chi connectivity index (χ4v) is 4.02. The van der Waals surface area contributed by atoms with Crippen LogP contribution in [0, 0.1) is 10.5 Å². The van der Waals surface area contributed by atoms with Gasteiger partial charge in [-0.15, -0.1) is 11.3 Å². The summed E-state index contributed by atoms with van der Waals surface area (Å²) in [5, 5.41) is 0.754. The van der Waals surface area contributed by atoms with E-state index in [2.05, 4.69) is 32.6 Å². The molecule has 0 fully saturated rings. The SMILES string of the molecule is CCOC(=O)c1sc2nc(CN(C)C)nc(Oc3ccc(I)cc3)c2c1C. The van der Waals surface area contributed by atoms with E-state index in [4.69, 9.17) is 9.47 Å². The smallest absolute Gasteiger partial charge is 0.348 e. The molecule has 0 N–H and O–H groups in total. The van der Waals surface area contributed by atoms with Crippen molar-refractivity contribution in [2.45, 2.75) is 20.4 Å². The number of benzene rings is 1. The number of aryl methyl sites for hydroxylation is 1. The van der Waals surface area contributed by atoms with E-state index in [0.717, 1.165) is 19.4 Å². The van der Waals surface area contributed by atoms with Gasteiger partial charge >= 0.3 is 5.97 Å². The molecule has 6 nitrogen and oxygen atoms in total. The van der Waals surface area contributed by atoms with Crippen LogP contribution in [0.4, 0.5) is 0 Å². The number of hydrogen-bond donors (Lipinski definition) is 0. The highest BCUT2D eigenvalue weighted by atomic mass is 127. The fraction of sp³-hybridized carbons (Fsp3) is 0.316. The molecule has 0 saturated heterocycles. The average Bonchev–Trinajstić information content (AvgIpc) is 2.93. The summed E-state index contributed by atoms with van der Waals surface area (Å²) < 4.78 is 12.4. The number of carbonyl (C=O) groups is 1. The minimum absolute atomic E-state index is 0.329. The maximum Gasteiger partial charge on any atom is 0.348 e. The molecule has 1 aromatic carbocycles. The van der Waals surface area contributed by atoms with Crippen molar-refractivity contribution in [3.63, 3.8) is 0 Å². The van der Waals surface area contributed by atoms with Crippen LogP contribution in [0.25, 0.3) is 10.2 Å². The molecule has 0 unspecified atom stereocenters. The van der Waals surface area contributed by atoms with Crippen LogP contribution in [-0.4, -0.2) is 41.5 Å². The third kappa shape index (κ3) is 4.56. The lowest BCUT2D eigenvalue weighted by molar-refractivity contribution is 0.0531. The Labute approximate surface area is 175 Å². The zero-order chi connectivity index (χ0) is 19.6. The normalized spacial score (nSPS) is 11.2. The fourth-order valence-electron chi connectivity index (χ4n) is 2.58. The monoisotopic (exact) mass is 497 g/mol. The van der Waals surface area contributed by atoms with Gasteiger partial charge in [0.2, 0.25) is 5.88 Å². The van der Waals surface area contributed by atoms with Gasteiger partial charge in [0.1, 0.15) is 21.3 Å². The number of rotatable bonds is 6. The number of aromatic nitrogens is 2. The maximum atomic E-state index is 12.3. The Balaban J connectivity index is 2.12. The molecule has 2 aromatic heterocycles. The lowest BCUT2D eigenvalue weighted by atomic mass is 10.2. The second-order valence-corrected chi connectivity index (χ2v) is 8.44. The number of fused-ring (bicyclic) bond motifs is 1. The van der Waals surface area contributed by atoms with Gasteiger partial charge in [0.25, 0.3) is 0 Å². The number of carbonyl (C=O) groups excluding carboxylic acids is 1. The second kappa shape index (κ2) is 8.49. The largest absolute Gasteiger partial charge is 0.462 e. The van der Waals surface area contributed by atoms with Gasteiger partial charge in [0, 0.05) is 3.57 Å². The molecule has 0 radical (unpaired) electrons. The van der Waals surface area contributed by atoms with Crippen LogP contribution in [0.15, 0.2) is 24.3 Å². The summed E-state index contributed by atoms with van der Waals surface area (Å²) in [5.74, 6) is 1.45. The highest BCUT2D eigenvalue weighted by Crippen LogP contribution is 2.37. The number of ether oxygens (including phenoxy) is 2. The zero-order valence-corrected chi connectivity index (χ0v) is 18.6. The Morgan fingerprint density at radius 3 is 2.56 bits per heavy atom. The predicted molar refractivity (Wildman–Crippen MR) is 115 cm³/mol. The van der Waals surface area contributed by atoms with Crippen LogP contribution in [0.3, 0.4) is 0 Å². The highest BCUT2D eigenvalue weighted by Gasteiger charge is 2.22. The molecule has 0 bridgehead atoms. The number of nitrogens with zero attached hydrogens (tertiary/aromatic N) is 3. The second-order valence-electron chi connectivity index (χ2n) is 6.20. The van der Waals surface area contributed by atoms with Crippen LogP contribution in [0.2, 0.25) is 0 Å². The van der Waals surface area contributed by atoms with Crippen LogP contribution in [0.1, 0.15) is 28.0 Å². The van der Waals surface area contributed by atoms with Crippen LogP contribution < -0.4 is 4.74 Å². The number of thiophene rings is 1. The summed E-state index contributed by atoms with van der Waals surface area (Å²) in [6.45, 7) is 4.57. The zero-order valence-electron chi connectivity index (χ0n) is 15.6. The molecule has 27 heavy (non-hydrogen) atoms. The molecule has 0 spiro atoms. The molecular weight excluding hydrogens is 477 g/mol. The van der Waals surface area contributed by atoms with E-state index in [1.165, 1.54) is 11.3 Å². The molecule has 0 atom stereocenters. The number of halogens is 1. The van der Waals surface area contributed by atoms with Gasteiger partial charge in [0.05, 0.1) is 18.5 Å². The molecule has 3 aromatic rings. The van der Waals surface area contributed by atoms with E-state index >= 15 is 0 Å². The third-order valence-corrected chi connectivity index (χ3v) is 5.63. The van der Waals surface area contributed by atoms with Crippen molar-refractivity contribution in [2.75, 3.05) is 20.7 Å². The topological polar surface area (TPSA) is 64.5 Å². The Morgan fingerprint density at radius 1 is 1.22 bits per heavy atom. The molecule has 3 rings (SSSR count). The predicted octanol–water partition coefficient (Wildman–Crippen LogP) is 4.63. The van der Waals surface area contributed by atoms with Gasteiger partial charge in [0.15, 0.2) is 0 Å². The van der Waals surface area contributed by atoms with Crippen LogP contribution in [-0.2, 0) is 11.3 Å². The summed E-state index contributed by atoms with van der Waals surface area (Å²) in [4.78, 5) is 24.8. The van der Waals surface area contributed by atoms with Gasteiger partial charge in [-0.3, -0.25) is 0 Å². The standard InChI is InChI=1S/C19H20IN3O3S/c1-5-25-19(24)16-11(2)15-17(26-13-8-6-12(20)7-9-13)21-14(10-23(3)4)22-18(15)27-16/h6-9H,5,10H2,1-4H3. The van der Waals surface area contributed by atoms with Gasteiger partial charge in [-0.1, -0.05) is 0 Å². The van der Waals surface area contributed by atoms with Gasteiger partial charge < -0.3 is 14.4 Å². The van der Waals surface area contributed by atoms with Crippen LogP contribution >= 0.6 is 33.9 Å². The van der Waals surface area contributed by atoms with Gasteiger partial charge in [-0.05, 0) is 80.4 Å². The lowest BCUT2D eigenvalue weighted by Crippen LogP contribution is -2.13. The first-order valence-corrected chi connectivity index (χ1v) is 10.3. The average molecular weight is 497 g/mol. The van der Waals surface area contributed by atoms with Crippen molar-refractivity contribution < 1.29 is 14.3 Å². The molecule has 0 aliphatic carbocycles. The van der Waals surface area contributed by atoms with Crippen molar-refractivity contribution >= 4 is 50.1 Å². The maximum absolute atomic E-state index is 12.3. The molecule has 8 heteroatoms. The molecule has 0 aliphatic rings. The van der Waals surface area contributed by atoms with Gasteiger partial charge in [-0.2, -0.15) is 4.98 Å². The Kier molecular flexibility index (Phi) is 6.28. The Bertz CT molecular complexity index is 970. The summed E-state index contributed by atoms with van der Waals surface area (Å²) in [7, 11) is 3.91. The van der Waals surface area contributed by atoms with E-state index in [9.17, 15) is 4.79 Å². The van der Waals surface area contributed by atoms with Crippen LogP contribution in [0.5, 0.6) is 11.6 Å². The van der Waals surface area contributed by atoms with E-state index in [1.807, 2.05) is 50.2 Å². The van der Waals surface area contributed by atoms with Crippen molar-refractivity contribution in [3.8, 4) is 11.6 Å². The summed E-state index contributed by atoms with van der Waals surface area (Å²) >= 11 is 3.56. The minimum atomic E-state index is -0.340. The first-order valence-electron chi connectivity index (χ1n) is 8.44. The van der Waals surface area contributed by atoms with E-state index in [1.54, 1.807) is 6.92 Å². The first kappa shape index (κ1) is 20.0. The molecule has 2 heterocycles. The highest BCUT2D eigenvalue weighted by molar-refractivity contribution is 14.1. The van der Waals surface area contributed by atoms with E-state index in [-0.39, 0.29) is 5.97 Å². The molecule has 142 valence electrons. The third-order valence-electron chi connectivity index (χ3n) is 3.75. The molecular formula is C19H20IN3O3S. The molecule has 0 saturated carbocycles. The quantitative estimate of drug-likeness (QED) is 0.366. The summed E-state index contributed by atoms with van der Waals surface area (Å²) in [6, 6.07) is 7.74. The van der Waals surface area contributed by atoms with Crippen molar-refractivity contribution in [3.05, 3.63) is 44.1 Å².